The van der Waals surface area contributed by atoms with Crippen molar-refractivity contribution in [3.05, 3.63) is 89.2 Å². The summed E-state index contributed by atoms with van der Waals surface area (Å²) < 4.78 is 17.3. The molecule has 0 aliphatic carbocycles. The van der Waals surface area contributed by atoms with Crippen LogP contribution in [0.25, 0.3) is 16.6 Å². The van der Waals surface area contributed by atoms with E-state index in [1.807, 2.05) is 42.5 Å². The van der Waals surface area contributed by atoms with E-state index >= 15 is 0 Å². The number of hydrogen-bond acceptors (Lipinski definition) is 11. The summed E-state index contributed by atoms with van der Waals surface area (Å²) in [7, 11) is 0. The maximum Gasteiger partial charge on any atom is 0.292 e. The molecule has 0 radical (unpaired) electrons. The van der Waals surface area contributed by atoms with Crippen LogP contribution < -0.4 is 15.9 Å². The number of anilines is 1. The number of nitrogens with zero attached hydrogens (tertiary/aromatic N) is 7. The zero-order valence-corrected chi connectivity index (χ0v) is 22.0. The zero-order chi connectivity index (χ0) is 28.0. The fraction of sp³-hybridized carbons (Fsp3) is 0.214. The zero-order valence-electron chi connectivity index (χ0n) is 22.0. The molecule has 41 heavy (non-hydrogen) atoms. The monoisotopic (exact) mass is 553 g/mol. The Labute approximate surface area is 234 Å². The van der Waals surface area contributed by atoms with E-state index in [2.05, 4.69) is 60.3 Å². The van der Waals surface area contributed by atoms with Crippen LogP contribution in [0.5, 0.6) is 5.75 Å². The highest BCUT2D eigenvalue weighted by Gasteiger charge is 2.26. The molecule has 6 rings (SSSR count). The average Bonchev–Trinajstić information content (AvgIpc) is 3.62. The van der Waals surface area contributed by atoms with Crippen molar-refractivity contribution in [2.45, 2.75) is 13.2 Å². The predicted molar refractivity (Wildman–Crippen MR) is 150 cm³/mol. The first kappa shape index (κ1) is 26.1. The number of carbonyl (C=O) groups excluding carboxylic acids is 1. The number of hydrogen-bond donors (Lipinski definition) is 2. The summed E-state index contributed by atoms with van der Waals surface area (Å²) in [5, 5.41) is 22.1. The van der Waals surface area contributed by atoms with Crippen molar-refractivity contribution < 1.29 is 18.9 Å². The quantitative estimate of drug-likeness (QED) is 0.205. The number of nitrogens with two attached hydrogens (primary N) is 1. The van der Waals surface area contributed by atoms with Crippen molar-refractivity contribution in [3.63, 3.8) is 0 Å². The number of rotatable bonds is 9. The molecule has 3 heterocycles. The SMILES string of the molecule is Nc1nonc1-n1nnc(CN2CCOCC2)c1C(=O)N/N=C/c1ccc(OCc2cccc3ccccc23)cc1. The minimum atomic E-state index is -0.535. The molecule has 208 valence electrons. The number of carbonyl (C=O) groups is 1. The first-order chi connectivity index (χ1) is 20.2. The first-order valence-electron chi connectivity index (χ1n) is 13.0. The molecule has 13 heteroatoms. The maximum atomic E-state index is 13.2. The van der Waals surface area contributed by atoms with Crippen LogP contribution in [-0.4, -0.2) is 68.6 Å². The Morgan fingerprint density at radius 3 is 2.66 bits per heavy atom. The fourth-order valence-corrected chi connectivity index (χ4v) is 4.55. The minimum Gasteiger partial charge on any atom is -0.489 e. The molecule has 0 unspecified atom stereocenters. The Morgan fingerprint density at radius 2 is 1.85 bits per heavy atom. The Bertz CT molecular complexity index is 1670. The molecule has 0 spiro atoms. The molecular weight excluding hydrogens is 526 g/mol. The van der Waals surface area contributed by atoms with Gasteiger partial charge in [0.25, 0.3) is 5.91 Å². The summed E-state index contributed by atoms with van der Waals surface area (Å²) in [5.74, 6) is 0.236. The second-order valence-electron chi connectivity index (χ2n) is 9.35. The number of benzene rings is 3. The van der Waals surface area contributed by atoms with Crippen LogP contribution in [0, 0.1) is 0 Å². The summed E-state index contributed by atoms with van der Waals surface area (Å²) in [6, 6.07) is 21.8. The van der Waals surface area contributed by atoms with E-state index in [1.165, 1.54) is 21.7 Å². The second kappa shape index (κ2) is 11.9. The van der Waals surface area contributed by atoms with Gasteiger partial charge in [-0.1, -0.05) is 47.7 Å². The molecule has 1 saturated heterocycles. The number of nitrogens with one attached hydrogen (secondary N) is 1. The van der Waals surface area contributed by atoms with Gasteiger partial charge in [-0.3, -0.25) is 9.69 Å². The van der Waals surface area contributed by atoms with E-state index in [0.717, 1.165) is 16.9 Å². The fourth-order valence-electron chi connectivity index (χ4n) is 4.55. The van der Waals surface area contributed by atoms with Crippen LogP contribution >= 0.6 is 0 Å². The molecule has 0 saturated carbocycles. The third-order valence-electron chi connectivity index (χ3n) is 6.66. The van der Waals surface area contributed by atoms with E-state index in [0.29, 0.717) is 45.1 Å². The average molecular weight is 554 g/mol. The Balaban J connectivity index is 1.12. The molecule has 13 nitrogen and oxygen atoms in total. The van der Waals surface area contributed by atoms with Gasteiger partial charge in [-0.15, -0.1) is 5.10 Å². The van der Waals surface area contributed by atoms with Crippen molar-refractivity contribution in [3.8, 4) is 11.6 Å². The Hall–Kier alpha value is -5.14. The lowest BCUT2D eigenvalue weighted by Gasteiger charge is -2.25. The molecule has 0 bridgehead atoms. The van der Waals surface area contributed by atoms with Crippen LogP contribution in [0.2, 0.25) is 0 Å². The highest BCUT2D eigenvalue weighted by atomic mass is 16.6. The number of nitrogen functional groups attached to an aromatic ring is 1. The van der Waals surface area contributed by atoms with Gasteiger partial charge in [0.15, 0.2) is 5.69 Å². The summed E-state index contributed by atoms with van der Waals surface area (Å²) in [6.07, 6.45) is 1.54. The van der Waals surface area contributed by atoms with Gasteiger partial charge in [-0.25, -0.2) is 10.1 Å². The van der Waals surface area contributed by atoms with Crippen LogP contribution in [-0.2, 0) is 17.9 Å². The Morgan fingerprint density at radius 1 is 1.05 bits per heavy atom. The third-order valence-corrected chi connectivity index (χ3v) is 6.66. The summed E-state index contributed by atoms with van der Waals surface area (Å²) >= 11 is 0. The number of fused-ring (bicyclic) bond motifs is 1. The Kier molecular flexibility index (Phi) is 7.60. The predicted octanol–water partition coefficient (Wildman–Crippen LogP) is 2.56. The van der Waals surface area contributed by atoms with Crippen molar-refractivity contribution >= 4 is 28.7 Å². The number of aromatic nitrogens is 5. The lowest BCUT2D eigenvalue weighted by atomic mass is 10.1. The maximum absolute atomic E-state index is 13.2. The number of amides is 1. The molecule has 0 atom stereocenters. The lowest BCUT2D eigenvalue weighted by molar-refractivity contribution is 0.0335. The molecular formula is C28H27N9O4. The standard InChI is InChI=1S/C28H27N9O4/c29-26-27(34-41-33-26)37-25(24(31-35-37)17-36-12-14-39-15-13-36)28(38)32-30-16-19-8-10-22(11-9-19)40-18-21-6-3-5-20-4-1-2-7-23(20)21/h1-11,16H,12-15,17-18H2,(H2,29,33)(H,32,38)/b30-16+. The second-order valence-corrected chi connectivity index (χ2v) is 9.35. The van der Waals surface area contributed by atoms with Gasteiger partial charge in [0.05, 0.1) is 19.4 Å². The summed E-state index contributed by atoms with van der Waals surface area (Å²) in [6.45, 7) is 3.47. The molecule has 1 amide bonds. The van der Waals surface area contributed by atoms with Gasteiger partial charge < -0.3 is 15.2 Å². The normalized spacial score (nSPS) is 14.0. The van der Waals surface area contributed by atoms with Crippen LogP contribution in [0.4, 0.5) is 5.82 Å². The summed E-state index contributed by atoms with van der Waals surface area (Å²) in [4.78, 5) is 15.4. The molecule has 2 aromatic heterocycles. The van der Waals surface area contributed by atoms with Crippen molar-refractivity contribution in [2.75, 3.05) is 32.0 Å². The third kappa shape index (κ3) is 5.90. The molecule has 1 aliphatic rings. The number of ether oxygens (including phenoxy) is 2. The first-order valence-corrected chi connectivity index (χ1v) is 13.0. The topological polar surface area (TPSA) is 159 Å². The molecule has 3 N–H and O–H groups in total. The van der Waals surface area contributed by atoms with Crippen LogP contribution in [0.15, 0.2) is 76.5 Å². The molecule has 1 aliphatic heterocycles. The van der Waals surface area contributed by atoms with Crippen molar-refractivity contribution in [2.24, 2.45) is 5.10 Å². The van der Waals surface area contributed by atoms with E-state index in [4.69, 9.17) is 19.8 Å². The van der Waals surface area contributed by atoms with Crippen molar-refractivity contribution in [1.29, 1.82) is 0 Å². The van der Waals surface area contributed by atoms with Gasteiger partial charge in [0.2, 0.25) is 11.6 Å². The lowest BCUT2D eigenvalue weighted by Crippen LogP contribution is -2.36. The van der Waals surface area contributed by atoms with Gasteiger partial charge in [-0.2, -0.15) is 9.78 Å². The van der Waals surface area contributed by atoms with Gasteiger partial charge in [0.1, 0.15) is 18.1 Å². The molecule has 1 fully saturated rings. The minimum absolute atomic E-state index is 0.0202. The van der Waals surface area contributed by atoms with Gasteiger partial charge >= 0.3 is 0 Å². The van der Waals surface area contributed by atoms with Crippen LogP contribution in [0.1, 0.15) is 27.3 Å². The largest absolute Gasteiger partial charge is 0.489 e. The van der Waals surface area contributed by atoms with E-state index in [9.17, 15) is 4.79 Å². The van der Waals surface area contributed by atoms with E-state index in [1.54, 1.807) is 0 Å². The number of hydrazone groups is 1. The highest BCUT2D eigenvalue weighted by molar-refractivity contribution is 5.95. The van der Waals surface area contributed by atoms with Crippen LogP contribution in [0.3, 0.4) is 0 Å². The van der Waals surface area contributed by atoms with Crippen molar-refractivity contribution in [1.82, 2.24) is 35.6 Å². The molecule has 3 aromatic carbocycles. The molecule has 5 aromatic rings. The van der Waals surface area contributed by atoms with E-state index in [-0.39, 0.29) is 17.3 Å². The van der Waals surface area contributed by atoms with E-state index < -0.39 is 5.91 Å². The summed E-state index contributed by atoms with van der Waals surface area (Å²) in [5.41, 5.74) is 10.9. The smallest absolute Gasteiger partial charge is 0.292 e. The number of morpholine rings is 1. The highest BCUT2D eigenvalue weighted by Crippen LogP contribution is 2.21. The van der Waals surface area contributed by atoms with Gasteiger partial charge in [0, 0.05) is 19.6 Å². The van der Waals surface area contributed by atoms with Gasteiger partial charge in [-0.05, 0) is 56.5 Å².